The molecule has 0 bridgehead atoms. The first kappa shape index (κ1) is 19.4. The third kappa shape index (κ3) is 7.23. The van der Waals surface area contributed by atoms with Gasteiger partial charge in [-0.1, -0.05) is 30.3 Å². The van der Waals surface area contributed by atoms with E-state index in [0.29, 0.717) is 6.61 Å². The fourth-order valence-corrected chi connectivity index (χ4v) is 3.30. The number of ether oxygens (including phenoxy) is 1. The van der Waals surface area contributed by atoms with Gasteiger partial charge in [-0.05, 0) is 32.3 Å². The summed E-state index contributed by atoms with van der Waals surface area (Å²) in [5.41, 5.74) is 2.32. The first-order chi connectivity index (χ1) is 12.2. The minimum Gasteiger partial charge on any atom is -0.377 e. The zero-order chi connectivity index (χ0) is 17.9. The number of nitrogens with zero attached hydrogens (tertiary/aromatic N) is 2. The van der Waals surface area contributed by atoms with Crippen LogP contribution in [-0.4, -0.2) is 31.1 Å². The number of thiazole rings is 1. The van der Waals surface area contributed by atoms with E-state index in [1.165, 1.54) is 10.4 Å². The second kappa shape index (κ2) is 10.8. The summed E-state index contributed by atoms with van der Waals surface area (Å²) in [7, 11) is 1.79. The average molecular weight is 361 g/mol. The summed E-state index contributed by atoms with van der Waals surface area (Å²) in [4.78, 5) is 9.96. The number of guanidine groups is 1. The van der Waals surface area contributed by atoms with Gasteiger partial charge in [-0.2, -0.15) is 0 Å². The lowest BCUT2D eigenvalue weighted by molar-refractivity contribution is 0.117. The fraction of sp³-hybridized carbons (Fsp3) is 0.474. The van der Waals surface area contributed by atoms with Gasteiger partial charge in [0.25, 0.3) is 0 Å². The summed E-state index contributed by atoms with van der Waals surface area (Å²) < 4.78 is 5.69. The fourth-order valence-electron chi connectivity index (χ4n) is 2.42. The Hall–Kier alpha value is -1.92. The first-order valence-corrected chi connectivity index (χ1v) is 9.50. The maximum atomic E-state index is 5.69. The number of nitrogens with one attached hydrogen (secondary N) is 2. The molecule has 0 aliphatic carbocycles. The van der Waals surface area contributed by atoms with E-state index in [0.717, 1.165) is 49.2 Å². The lowest BCUT2D eigenvalue weighted by Gasteiger charge is -2.11. The second-order valence-corrected chi connectivity index (χ2v) is 7.13. The van der Waals surface area contributed by atoms with Gasteiger partial charge in [-0.15, -0.1) is 11.3 Å². The zero-order valence-electron chi connectivity index (χ0n) is 15.3. The predicted molar refractivity (Wildman–Crippen MR) is 105 cm³/mol. The van der Waals surface area contributed by atoms with E-state index >= 15 is 0 Å². The molecular weight excluding hydrogens is 332 g/mol. The monoisotopic (exact) mass is 360 g/mol. The smallest absolute Gasteiger partial charge is 0.191 e. The molecule has 1 aromatic heterocycles. The topological polar surface area (TPSA) is 58.5 Å². The van der Waals surface area contributed by atoms with Crippen molar-refractivity contribution >= 4 is 17.3 Å². The Balaban J connectivity index is 1.54. The molecule has 1 heterocycles. The van der Waals surface area contributed by atoms with Crippen LogP contribution in [0, 0.1) is 13.8 Å². The van der Waals surface area contributed by atoms with E-state index < -0.39 is 0 Å². The Morgan fingerprint density at radius 2 is 1.96 bits per heavy atom. The molecule has 0 unspecified atom stereocenters. The first-order valence-electron chi connectivity index (χ1n) is 8.68. The highest BCUT2D eigenvalue weighted by atomic mass is 32.1. The molecule has 2 rings (SSSR count). The number of rotatable bonds is 9. The summed E-state index contributed by atoms with van der Waals surface area (Å²) in [6, 6.07) is 10.3. The maximum absolute atomic E-state index is 5.69. The lowest BCUT2D eigenvalue weighted by atomic mass is 10.2. The van der Waals surface area contributed by atoms with Crippen molar-refractivity contribution in [3.05, 3.63) is 51.5 Å². The van der Waals surface area contributed by atoms with Crippen molar-refractivity contribution in [3.63, 3.8) is 0 Å². The van der Waals surface area contributed by atoms with Gasteiger partial charge in [0.05, 0.1) is 23.9 Å². The minimum atomic E-state index is 0.686. The van der Waals surface area contributed by atoms with Gasteiger partial charge in [0.1, 0.15) is 0 Å². The summed E-state index contributed by atoms with van der Waals surface area (Å²) >= 11 is 1.73. The number of aromatic nitrogens is 1. The molecule has 0 saturated heterocycles. The molecule has 0 fully saturated rings. The highest BCUT2D eigenvalue weighted by molar-refractivity contribution is 7.11. The van der Waals surface area contributed by atoms with Gasteiger partial charge in [-0.3, -0.25) is 4.99 Å². The molecule has 0 aliphatic rings. The van der Waals surface area contributed by atoms with Crippen molar-refractivity contribution in [1.29, 1.82) is 0 Å². The molecule has 5 nitrogen and oxygen atoms in total. The summed E-state index contributed by atoms with van der Waals surface area (Å²) in [6.45, 7) is 7.19. The van der Waals surface area contributed by atoms with Crippen LogP contribution in [-0.2, 0) is 17.9 Å². The molecular formula is C19H28N4OS. The summed E-state index contributed by atoms with van der Waals surface area (Å²) in [5.74, 6) is 0.829. The van der Waals surface area contributed by atoms with Gasteiger partial charge in [0.15, 0.2) is 5.96 Å². The van der Waals surface area contributed by atoms with E-state index in [-0.39, 0.29) is 0 Å². The van der Waals surface area contributed by atoms with Gasteiger partial charge in [0.2, 0.25) is 0 Å². The highest BCUT2D eigenvalue weighted by Crippen LogP contribution is 2.16. The van der Waals surface area contributed by atoms with Crippen LogP contribution in [0.25, 0.3) is 0 Å². The summed E-state index contributed by atoms with van der Waals surface area (Å²) in [5, 5.41) is 7.79. The van der Waals surface area contributed by atoms with Gasteiger partial charge >= 0.3 is 0 Å². The average Bonchev–Trinajstić information content (AvgIpc) is 2.95. The molecule has 0 atom stereocenters. The van der Waals surface area contributed by atoms with Crippen molar-refractivity contribution in [2.45, 2.75) is 39.8 Å². The molecule has 0 radical (unpaired) electrons. The van der Waals surface area contributed by atoms with Crippen LogP contribution in [0.5, 0.6) is 0 Å². The van der Waals surface area contributed by atoms with Crippen LogP contribution >= 0.6 is 11.3 Å². The number of unbranched alkanes of at least 4 members (excludes halogenated alkanes) is 1. The molecule has 2 aromatic rings. The Bertz CT molecular complexity index is 655. The third-order valence-electron chi connectivity index (χ3n) is 3.76. The largest absolute Gasteiger partial charge is 0.377 e. The maximum Gasteiger partial charge on any atom is 0.191 e. The number of hydrogen-bond acceptors (Lipinski definition) is 4. The zero-order valence-corrected chi connectivity index (χ0v) is 16.2. The predicted octanol–water partition coefficient (Wildman–Crippen LogP) is 3.42. The van der Waals surface area contributed by atoms with Crippen molar-refractivity contribution in [2.75, 3.05) is 20.2 Å². The van der Waals surface area contributed by atoms with Crippen molar-refractivity contribution < 1.29 is 4.74 Å². The molecule has 0 spiro atoms. The van der Waals surface area contributed by atoms with Crippen molar-refractivity contribution in [1.82, 2.24) is 15.6 Å². The quantitative estimate of drug-likeness (QED) is 0.409. The Morgan fingerprint density at radius 3 is 2.64 bits per heavy atom. The van der Waals surface area contributed by atoms with Crippen LogP contribution in [0.4, 0.5) is 0 Å². The molecule has 0 saturated carbocycles. The third-order valence-corrected chi connectivity index (χ3v) is 4.83. The lowest BCUT2D eigenvalue weighted by Crippen LogP contribution is -2.37. The molecule has 2 N–H and O–H groups in total. The van der Waals surface area contributed by atoms with E-state index in [2.05, 4.69) is 32.7 Å². The molecule has 0 aliphatic heterocycles. The molecule has 1 aromatic carbocycles. The second-order valence-electron chi connectivity index (χ2n) is 5.84. The standard InChI is InChI=1S/C19H28N4OS/c1-15-18(25-16(2)23-15)13-22-19(20-3)21-11-7-8-12-24-14-17-9-5-4-6-10-17/h4-6,9-10H,7-8,11-14H2,1-3H3,(H2,20,21,22). The van der Waals surface area contributed by atoms with Crippen LogP contribution in [0.2, 0.25) is 0 Å². The van der Waals surface area contributed by atoms with Crippen LogP contribution in [0.15, 0.2) is 35.3 Å². The summed E-state index contributed by atoms with van der Waals surface area (Å²) in [6.07, 6.45) is 2.08. The Kier molecular flexibility index (Phi) is 8.42. The van der Waals surface area contributed by atoms with E-state index in [9.17, 15) is 0 Å². The van der Waals surface area contributed by atoms with Crippen LogP contribution in [0.1, 0.15) is 34.0 Å². The number of benzene rings is 1. The van der Waals surface area contributed by atoms with Crippen LogP contribution < -0.4 is 10.6 Å². The van der Waals surface area contributed by atoms with Gasteiger partial charge in [0, 0.05) is 25.1 Å². The van der Waals surface area contributed by atoms with E-state index in [4.69, 9.17) is 4.74 Å². The molecule has 136 valence electrons. The Morgan fingerprint density at radius 1 is 1.16 bits per heavy atom. The highest BCUT2D eigenvalue weighted by Gasteiger charge is 2.05. The Labute approximate surface area is 154 Å². The van der Waals surface area contributed by atoms with Gasteiger partial charge in [-0.25, -0.2) is 4.98 Å². The van der Waals surface area contributed by atoms with Crippen molar-refractivity contribution in [2.24, 2.45) is 4.99 Å². The number of hydrogen-bond donors (Lipinski definition) is 2. The number of aliphatic imine (C=N–C) groups is 1. The molecule has 6 heteroatoms. The van der Waals surface area contributed by atoms with Gasteiger partial charge < -0.3 is 15.4 Å². The molecule has 0 amide bonds. The minimum absolute atomic E-state index is 0.686. The molecule has 25 heavy (non-hydrogen) atoms. The SMILES string of the molecule is CN=C(NCCCCOCc1ccccc1)NCc1sc(C)nc1C. The number of aryl methyl sites for hydroxylation is 2. The van der Waals surface area contributed by atoms with E-state index in [1.54, 1.807) is 18.4 Å². The van der Waals surface area contributed by atoms with Crippen LogP contribution in [0.3, 0.4) is 0 Å². The van der Waals surface area contributed by atoms with Crippen molar-refractivity contribution in [3.8, 4) is 0 Å². The normalized spacial score (nSPS) is 11.6. The van der Waals surface area contributed by atoms with E-state index in [1.807, 2.05) is 32.0 Å².